The minimum absolute atomic E-state index is 0.0116. The largest absolute Gasteiger partial charge is 0.469 e. The zero-order valence-corrected chi connectivity index (χ0v) is 17.2. The Morgan fingerprint density at radius 3 is 2.71 bits per heavy atom. The summed E-state index contributed by atoms with van der Waals surface area (Å²) in [6.45, 7) is 8.31. The average molecular weight is 412 g/mol. The van der Waals surface area contributed by atoms with Crippen LogP contribution < -0.4 is 0 Å². The monoisotopic (exact) mass is 412 g/mol. The summed E-state index contributed by atoms with van der Waals surface area (Å²) in [6, 6.07) is 0. The molecule has 0 aromatic heterocycles. The molecule has 8 heteroatoms. The van der Waals surface area contributed by atoms with Crippen molar-refractivity contribution in [2.75, 3.05) is 13.2 Å². The lowest BCUT2D eigenvalue weighted by Crippen LogP contribution is -2.57. The van der Waals surface area contributed by atoms with Gasteiger partial charge >= 0.3 is 13.8 Å². The second-order valence-corrected chi connectivity index (χ2v) is 9.91. The predicted molar refractivity (Wildman–Crippen MR) is 103 cm³/mol. The molecular formula is C20H29O7P. The van der Waals surface area contributed by atoms with Crippen molar-refractivity contribution in [3.8, 4) is 0 Å². The van der Waals surface area contributed by atoms with Crippen LogP contribution in [-0.4, -0.2) is 40.2 Å². The Morgan fingerprint density at radius 1 is 1.39 bits per heavy atom. The van der Waals surface area contributed by atoms with Gasteiger partial charge in [-0.3, -0.25) is 4.52 Å². The van der Waals surface area contributed by atoms with Gasteiger partial charge < -0.3 is 19.6 Å². The molecule has 1 heterocycles. The van der Waals surface area contributed by atoms with E-state index in [-0.39, 0.29) is 36.4 Å². The first kappa shape index (κ1) is 21.5. The van der Waals surface area contributed by atoms with E-state index in [0.29, 0.717) is 12.0 Å². The van der Waals surface area contributed by atoms with Gasteiger partial charge in [0.15, 0.2) is 0 Å². The van der Waals surface area contributed by atoms with E-state index in [9.17, 15) is 14.5 Å². The first-order valence-electron chi connectivity index (χ1n) is 9.59. The Bertz CT molecular complexity index is 767. The molecule has 2 aliphatic carbocycles. The Kier molecular flexibility index (Phi) is 5.78. The number of carbonyl (C=O) groups excluding carboxylic acids is 1. The maximum absolute atomic E-state index is 11.7. The molecule has 5 atom stereocenters. The quantitative estimate of drug-likeness (QED) is 0.361. The van der Waals surface area contributed by atoms with Crippen LogP contribution in [0.3, 0.4) is 0 Å². The van der Waals surface area contributed by atoms with Gasteiger partial charge in [0.2, 0.25) is 0 Å². The van der Waals surface area contributed by atoms with E-state index in [0.717, 1.165) is 24.8 Å². The second-order valence-electron chi connectivity index (χ2n) is 8.67. The van der Waals surface area contributed by atoms with E-state index in [1.807, 2.05) is 13.0 Å². The molecule has 0 amide bonds. The number of aliphatic hydroxyl groups is 1. The molecule has 7 nitrogen and oxygen atoms in total. The van der Waals surface area contributed by atoms with E-state index >= 15 is 0 Å². The molecular weight excluding hydrogens is 383 g/mol. The summed E-state index contributed by atoms with van der Waals surface area (Å²) in [6.07, 6.45) is 7.59. The molecule has 2 saturated carbocycles. The maximum Gasteiger partial charge on any atom is 0.469 e. The molecule has 3 N–H and O–H groups in total. The minimum Gasteiger partial charge on any atom is -0.458 e. The van der Waals surface area contributed by atoms with Crippen LogP contribution in [0.5, 0.6) is 0 Å². The van der Waals surface area contributed by atoms with Gasteiger partial charge in [-0.25, -0.2) is 9.36 Å². The molecule has 3 rings (SSSR count). The fourth-order valence-electron chi connectivity index (χ4n) is 5.41. The predicted octanol–water partition coefficient (Wildman–Crippen LogP) is 2.88. The number of cyclic esters (lactones) is 1. The van der Waals surface area contributed by atoms with E-state index in [1.54, 1.807) is 12.2 Å². The first-order chi connectivity index (χ1) is 13.0. The summed E-state index contributed by atoms with van der Waals surface area (Å²) in [4.78, 5) is 30.1. The Balaban J connectivity index is 1.90. The smallest absolute Gasteiger partial charge is 0.458 e. The number of phosphoric acid groups is 1. The number of rotatable bonds is 5. The van der Waals surface area contributed by atoms with E-state index in [2.05, 4.69) is 13.5 Å². The lowest BCUT2D eigenvalue weighted by Gasteiger charge is -2.59. The third-order valence-electron chi connectivity index (χ3n) is 6.98. The highest BCUT2D eigenvalue weighted by atomic mass is 31.2. The molecule has 3 aliphatic rings. The highest BCUT2D eigenvalue weighted by molar-refractivity contribution is 7.46. The summed E-state index contributed by atoms with van der Waals surface area (Å²) in [5, 5.41) is 10.7. The number of carbonyl (C=O) groups is 1. The molecule has 28 heavy (non-hydrogen) atoms. The summed E-state index contributed by atoms with van der Waals surface area (Å²) in [5.41, 5.74) is 0.548. The molecule has 156 valence electrons. The van der Waals surface area contributed by atoms with Gasteiger partial charge in [0, 0.05) is 11.3 Å². The number of hydrogen-bond donors (Lipinski definition) is 3. The van der Waals surface area contributed by atoms with E-state index < -0.39 is 19.3 Å². The molecule has 2 unspecified atom stereocenters. The number of hydrogen-bond acceptors (Lipinski definition) is 5. The molecule has 0 saturated heterocycles. The van der Waals surface area contributed by atoms with Crippen molar-refractivity contribution in [1.29, 1.82) is 0 Å². The molecule has 0 aromatic carbocycles. The number of allylic oxidation sites excluding steroid dienone is 2. The highest BCUT2D eigenvalue weighted by Crippen LogP contribution is 2.62. The minimum atomic E-state index is -4.63. The number of phosphoric ester groups is 1. The van der Waals surface area contributed by atoms with E-state index in [1.165, 1.54) is 0 Å². The molecule has 1 aliphatic heterocycles. The van der Waals surface area contributed by atoms with Crippen molar-refractivity contribution >= 4 is 13.8 Å². The van der Waals surface area contributed by atoms with Crippen LogP contribution >= 0.6 is 7.82 Å². The van der Waals surface area contributed by atoms with Gasteiger partial charge in [0.1, 0.15) is 6.61 Å². The zero-order chi connectivity index (χ0) is 20.7. The Morgan fingerprint density at radius 2 is 2.11 bits per heavy atom. The summed E-state index contributed by atoms with van der Waals surface area (Å²) in [5.74, 6) is -0.360. The number of ether oxygens (including phenoxy) is 1. The van der Waals surface area contributed by atoms with Crippen LogP contribution in [0.25, 0.3) is 0 Å². The summed E-state index contributed by atoms with van der Waals surface area (Å²) >= 11 is 0. The van der Waals surface area contributed by atoms with Crippen LogP contribution in [-0.2, 0) is 18.6 Å². The molecule has 0 radical (unpaired) electrons. The average Bonchev–Trinajstić information content (AvgIpc) is 3.01. The van der Waals surface area contributed by atoms with Gasteiger partial charge in [-0.15, -0.1) is 0 Å². The normalized spacial score (nSPS) is 39.0. The van der Waals surface area contributed by atoms with Crippen LogP contribution in [0.15, 0.2) is 36.0 Å². The molecule has 0 aromatic rings. The van der Waals surface area contributed by atoms with Gasteiger partial charge in [0.25, 0.3) is 0 Å². The van der Waals surface area contributed by atoms with Crippen molar-refractivity contribution in [2.45, 2.75) is 45.6 Å². The lowest BCUT2D eigenvalue weighted by molar-refractivity contribution is -0.144. The third kappa shape index (κ3) is 3.91. The fraction of sp³-hybridized carbons (Fsp3) is 0.650. The van der Waals surface area contributed by atoms with Gasteiger partial charge in [-0.2, -0.15) is 0 Å². The SMILES string of the molecule is C=C1CCC2[C@@](C)(CC[C@H](O)[C@]2(C)COP(=O)(O)O)C1/C=C/C1=CCOC1=O. The molecule has 0 spiro atoms. The Hall–Kier alpha value is -1.24. The van der Waals surface area contributed by atoms with Crippen molar-refractivity contribution in [2.24, 2.45) is 22.7 Å². The number of fused-ring (bicyclic) bond motifs is 1. The van der Waals surface area contributed by atoms with Crippen LogP contribution in [0.2, 0.25) is 0 Å². The summed E-state index contributed by atoms with van der Waals surface area (Å²) in [7, 11) is -4.63. The van der Waals surface area contributed by atoms with Gasteiger partial charge in [-0.05, 0) is 43.1 Å². The standard InChI is InChI=1S/C20H29O7P/c1-13-4-7-16-19(2,15(13)6-5-14-9-11-26-18(14)22)10-8-17(21)20(16,3)12-27-28(23,24)25/h5-6,9,15-17,21H,1,4,7-8,10-12H2,2-3H3,(H2,23,24,25)/b6-5+/t15?,16?,17-,19-,20+/m0/s1. The van der Waals surface area contributed by atoms with Crippen molar-refractivity contribution < 1.29 is 33.5 Å². The van der Waals surface area contributed by atoms with Crippen molar-refractivity contribution in [3.63, 3.8) is 0 Å². The summed E-state index contributed by atoms with van der Waals surface area (Å²) < 4.78 is 21.1. The lowest BCUT2D eigenvalue weighted by atomic mass is 9.46. The highest BCUT2D eigenvalue weighted by Gasteiger charge is 2.57. The number of esters is 1. The van der Waals surface area contributed by atoms with Crippen molar-refractivity contribution in [3.05, 3.63) is 36.0 Å². The zero-order valence-electron chi connectivity index (χ0n) is 16.3. The molecule has 2 fully saturated rings. The van der Waals surface area contributed by atoms with Crippen molar-refractivity contribution in [1.82, 2.24) is 0 Å². The van der Waals surface area contributed by atoms with E-state index in [4.69, 9.17) is 19.0 Å². The Labute approximate surface area is 165 Å². The fourth-order valence-corrected chi connectivity index (χ4v) is 5.85. The van der Waals surface area contributed by atoms with Crippen LogP contribution in [0.4, 0.5) is 0 Å². The van der Waals surface area contributed by atoms with Crippen LogP contribution in [0, 0.1) is 22.7 Å². The third-order valence-corrected chi connectivity index (χ3v) is 7.44. The van der Waals surface area contributed by atoms with Crippen LogP contribution in [0.1, 0.15) is 39.5 Å². The van der Waals surface area contributed by atoms with Gasteiger partial charge in [0.05, 0.1) is 18.3 Å². The number of aliphatic hydroxyl groups excluding tert-OH is 1. The first-order valence-corrected chi connectivity index (χ1v) is 11.1. The second kappa shape index (κ2) is 7.54. The van der Waals surface area contributed by atoms with Gasteiger partial charge in [-0.1, -0.05) is 38.2 Å². The molecule has 0 bridgehead atoms. The topological polar surface area (TPSA) is 113 Å². The maximum atomic E-state index is 11.7.